The van der Waals surface area contributed by atoms with Gasteiger partial charge in [-0.15, -0.1) is 0 Å². The van der Waals surface area contributed by atoms with Gasteiger partial charge in [-0.1, -0.05) is 41.4 Å². The van der Waals surface area contributed by atoms with E-state index in [1.807, 2.05) is 31.2 Å². The molecule has 0 heterocycles. The van der Waals surface area contributed by atoms with Crippen molar-refractivity contribution in [2.45, 2.75) is 13.3 Å². The molecule has 1 nitrogen and oxygen atoms in total. The Kier molecular flexibility index (Phi) is 3.78. The Hall–Kier alpha value is -1.67. The van der Waals surface area contributed by atoms with Gasteiger partial charge < -0.3 is 0 Å². The topological polar surface area (TPSA) is 17.1 Å². The molecule has 0 aromatic heterocycles. The summed E-state index contributed by atoms with van der Waals surface area (Å²) in [4.78, 5) is 12.0. The third-order valence-electron chi connectivity index (χ3n) is 2.69. The maximum absolute atomic E-state index is 13.3. The lowest BCUT2D eigenvalue weighted by Crippen LogP contribution is -2.04. The number of aryl methyl sites for hydroxylation is 1. The van der Waals surface area contributed by atoms with Crippen molar-refractivity contribution in [3.63, 3.8) is 0 Å². The number of halogens is 2. The molecule has 0 amide bonds. The summed E-state index contributed by atoms with van der Waals surface area (Å²) in [5.74, 6) is -0.678. The molecule has 0 N–H and O–H groups in total. The molecule has 0 unspecified atom stereocenters. The molecule has 2 aromatic rings. The summed E-state index contributed by atoms with van der Waals surface area (Å²) in [5, 5.41) is 0.0297. The van der Waals surface area contributed by atoms with Crippen LogP contribution in [0.4, 0.5) is 4.39 Å². The summed E-state index contributed by atoms with van der Waals surface area (Å²) >= 11 is 5.58. The highest BCUT2D eigenvalue weighted by atomic mass is 35.5. The van der Waals surface area contributed by atoms with E-state index in [2.05, 4.69) is 0 Å². The quantitative estimate of drug-likeness (QED) is 0.757. The lowest BCUT2D eigenvalue weighted by atomic mass is 10.0. The predicted molar refractivity (Wildman–Crippen MR) is 70.6 cm³/mol. The maximum Gasteiger partial charge on any atom is 0.167 e. The third-order valence-corrected chi connectivity index (χ3v) is 3.00. The number of hydrogen-bond donors (Lipinski definition) is 0. The van der Waals surface area contributed by atoms with Gasteiger partial charge >= 0.3 is 0 Å². The van der Waals surface area contributed by atoms with Crippen molar-refractivity contribution in [3.8, 4) is 0 Å². The van der Waals surface area contributed by atoms with E-state index in [-0.39, 0.29) is 17.2 Å². The molecule has 0 radical (unpaired) electrons. The van der Waals surface area contributed by atoms with Crippen molar-refractivity contribution in [1.82, 2.24) is 0 Å². The Morgan fingerprint density at radius 1 is 1.22 bits per heavy atom. The molecule has 0 bridgehead atoms. The van der Waals surface area contributed by atoms with Gasteiger partial charge in [-0.25, -0.2) is 4.39 Å². The molecule has 2 aromatic carbocycles. The second-order valence-electron chi connectivity index (χ2n) is 4.22. The standard InChI is InChI=1S/C15H12ClFO/c1-10-3-2-4-11(7-10)8-15(18)12-5-6-13(16)14(17)9-12/h2-7,9H,8H2,1H3. The third kappa shape index (κ3) is 2.96. The van der Waals surface area contributed by atoms with Crippen LogP contribution in [0, 0.1) is 12.7 Å². The molecule has 3 heteroatoms. The number of rotatable bonds is 3. The van der Waals surface area contributed by atoms with Crippen LogP contribution >= 0.6 is 11.6 Å². The number of hydrogen-bond acceptors (Lipinski definition) is 1. The van der Waals surface area contributed by atoms with Crippen LogP contribution in [-0.2, 0) is 6.42 Å². The Balaban J connectivity index is 2.19. The molecule has 0 atom stereocenters. The highest BCUT2D eigenvalue weighted by Crippen LogP contribution is 2.17. The summed E-state index contributed by atoms with van der Waals surface area (Å²) in [6.07, 6.45) is 0.267. The fourth-order valence-electron chi connectivity index (χ4n) is 1.78. The maximum atomic E-state index is 13.3. The Morgan fingerprint density at radius 2 is 2.00 bits per heavy atom. The molecule has 0 aliphatic carbocycles. The molecule has 18 heavy (non-hydrogen) atoms. The highest BCUT2D eigenvalue weighted by Gasteiger charge is 2.09. The minimum Gasteiger partial charge on any atom is -0.294 e. The van der Waals surface area contributed by atoms with Gasteiger partial charge in [0.2, 0.25) is 0 Å². The Labute approximate surface area is 110 Å². The zero-order valence-electron chi connectivity index (χ0n) is 9.91. The molecular formula is C15H12ClFO. The zero-order chi connectivity index (χ0) is 13.1. The largest absolute Gasteiger partial charge is 0.294 e. The van der Waals surface area contributed by atoms with Crippen LogP contribution in [0.3, 0.4) is 0 Å². The molecule has 0 saturated carbocycles. The van der Waals surface area contributed by atoms with Gasteiger partial charge in [0, 0.05) is 12.0 Å². The first kappa shape index (κ1) is 12.8. The minimum atomic E-state index is -0.563. The van der Waals surface area contributed by atoms with Crippen LogP contribution in [0.2, 0.25) is 5.02 Å². The second kappa shape index (κ2) is 5.32. The van der Waals surface area contributed by atoms with Crippen molar-refractivity contribution in [2.24, 2.45) is 0 Å². The van der Waals surface area contributed by atoms with Gasteiger partial charge in [0.25, 0.3) is 0 Å². The normalized spacial score (nSPS) is 10.4. The van der Waals surface area contributed by atoms with Crippen LogP contribution in [-0.4, -0.2) is 5.78 Å². The average molecular weight is 263 g/mol. The van der Waals surface area contributed by atoms with E-state index in [9.17, 15) is 9.18 Å². The van der Waals surface area contributed by atoms with Crippen LogP contribution in [0.15, 0.2) is 42.5 Å². The lowest BCUT2D eigenvalue weighted by molar-refractivity contribution is 0.0992. The number of benzene rings is 2. The van der Waals surface area contributed by atoms with E-state index in [0.717, 1.165) is 11.1 Å². The number of Topliss-reactive ketones (excluding diaryl/α,β-unsaturated/α-hetero) is 1. The van der Waals surface area contributed by atoms with E-state index in [1.165, 1.54) is 12.1 Å². The van der Waals surface area contributed by atoms with Gasteiger partial charge in [0.15, 0.2) is 5.78 Å². The summed E-state index contributed by atoms with van der Waals surface area (Å²) in [5.41, 5.74) is 2.37. The number of carbonyl (C=O) groups is 1. The molecular weight excluding hydrogens is 251 g/mol. The summed E-state index contributed by atoms with van der Waals surface area (Å²) in [7, 11) is 0. The fraction of sp³-hybridized carbons (Fsp3) is 0.133. The van der Waals surface area contributed by atoms with Crippen molar-refractivity contribution >= 4 is 17.4 Å². The van der Waals surface area contributed by atoms with E-state index >= 15 is 0 Å². The lowest BCUT2D eigenvalue weighted by Gasteiger charge is -2.03. The van der Waals surface area contributed by atoms with Crippen molar-refractivity contribution in [3.05, 3.63) is 70.0 Å². The molecule has 0 aliphatic rings. The monoisotopic (exact) mass is 262 g/mol. The van der Waals surface area contributed by atoms with E-state index in [4.69, 9.17) is 11.6 Å². The first-order chi connectivity index (χ1) is 8.56. The van der Waals surface area contributed by atoms with E-state index in [1.54, 1.807) is 6.07 Å². The summed E-state index contributed by atoms with van der Waals surface area (Å²) in [6.45, 7) is 1.97. The Morgan fingerprint density at radius 3 is 2.67 bits per heavy atom. The van der Waals surface area contributed by atoms with Crippen molar-refractivity contribution in [2.75, 3.05) is 0 Å². The minimum absolute atomic E-state index is 0.0297. The van der Waals surface area contributed by atoms with Gasteiger partial charge in [0.05, 0.1) is 5.02 Å². The zero-order valence-corrected chi connectivity index (χ0v) is 10.7. The molecule has 92 valence electrons. The first-order valence-corrected chi connectivity index (χ1v) is 5.98. The van der Waals surface area contributed by atoms with Crippen LogP contribution < -0.4 is 0 Å². The molecule has 0 aliphatic heterocycles. The summed E-state index contributed by atoms with van der Waals surface area (Å²) < 4.78 is 13.3. The molecule has 0 saturated heterocycles. The highest BCUT2D eigenvalue weighted by molar-refractivity contribution is 6.30. The van der Waals surface area contributed by atoms with Crippen LogP contribution in [0.1, 0.15) is 21.5 Å². The second-order valence-corrected chi connectivity index (χ2v) is 4.63. The smallest absolute Gasteiger partial charge is 0.167 e. The first-order valence-electron chi connectivity index (χ1n) is 5.60. The van der Waals surface area contributed by atoms with Gasteiger partial charge in [-0.2, -0.15) is 0 Å². The van der Waals surface area contributed by atoms with Gasteiger partial charge in [-0.05, 0) is 30.7 Å². The Bertz CT molecular complexity index is 593. The van der Waals surface area contributed by atoms with Crippen molar-refractivity contribution in [1.29, 1.82) is 0 Å². The van der Waals surface area contributed by atoms with Gasteiger partial charge in [0.1, 0.15) is 5.82 Å². The fourth-order valence-corrected chi connectivity index (χ4v) is 1.90. The SMILES string of the molecule is Cc1cccc(CC(=O)c2ccc(Cl)c(F)c2)c1. The predicted octanol–water partition coefficient (Wildman–Crippen LogP) is 4.21. The van der Waals surface area contributed by atoms with Crippen LogP contribution in [0.5, 0.6) is 0 Å². The number of carbonyl (C=O) groups excluding carboxylic acids is 1. The van der Waals surface area contributed by atoms with Crippen molar-refractivity contribution < 1.29 is 9.18 Å². The van der Waals surface area contributed by atoms with Crippen LogP contribution in [0.25, 0.3) is 0 Å². The van der Waals surface area contributed by atoms with E-state index in [0.29, 0.717) is 5.56 Å². The molecule has 0 fully saturated rings. The summed E-state index contributed by atoms with van der Waals surface area (Å²) in [6, 6.07) is 11.8. The van der Waals surface area contributed by atoms with E-state index < -0.39 is 5.82 Å². The number of ketones is 1. The average Bonchev–Trinajstić information content (AvgIpc) is 2.32. The molecule has 0 spiro atoms. The molecule has 2 rings (SSSR count). The van der Waals surface area contributed by atoms with Gasteiger partial charge in [-0.3, -0.25) is 4.79 Å².